The number of nitrogens with zero attached hydrogens (tertiary/aromatic N) is 2. The number of amides is 1. The summed E-state index contributed by atoms with van der Waals surface area (Å²) in [6, 6.07) is 4.50. The highest BCUT2D eigenvalue weighted by Gasteiger charge is 2.26. The topological polar surface area (TPSA) is 94.3 Å². The third-order valence-corrected chi connectivity index (χ3v) is 1.98. The zero-order valence-electron chi connectivity index (χ0n) is 7.93. The van der Waals surface area contributed by atoms with Crippen LogP contribution >= 0.6 is 0 Å². The highest BCUT2D eigenvalue weighted by atomic mass is 16.4. The number of carbonyl (C=O) groups is 1. The molecule has 0 aromatic heterocycles. The lowest BCUT2D eigenvalue weighted by Crippen LogP contribution is -2.41. The number of carboxylic acid groups (broad SMARTS) is 1. The maximum absolute atomic E-state index is 10.5. The van der Waals surface area contributed by atoms with Gasteiger partial charge in [-0.1, -0.05) is 0 Å². The second kappa shape index (κ2) is 2.94. The fourth-order valence-electron chi connectivity index (χ4n) is 1.45. The number of hydrogen-bond donors (Lipinski definition) is 3. The molecule has 1 unspecified atom stereocenters. The first-order valence-corrected chi connectivity index (χ1v) is 4.28. The minimum Gasteiger partial charge on any atom is -0.508 e. The Hall–Kier alpha value is -2.11. The van der Waals surface area contributed by atoms with Crippen molar-refractivity contribution in [3.8, 4) is 5.75 Å². The second-order valence-electron chi connectivity index (χ2n) is 3.35. The van der Waals surface area contributed by atoms with Crippen LogP contribution in [0.5, 0.6) is 5.75 Å². The predicted molar refractivity (Wildman–Crippen MR) is 50.0 cm³/mol. The van der Waals surface area contributed by atoms with Gasteiger partial charge in [0.2, 0.25) is 5.79 Å². The molecule has 0 spiro atoms. The van der Waals surface area contributed by atoms with E-state index in [4.69, 9.17) is 5.11 Å². The van der Waals surface area contributed by atoms with Crippen LogP contribution in [-0.2, 0) is 0 Å². The maximum atomic E-state index is 10.5. The molecule has 1 aromatic carbocycles. The molecule has 0 aliphatic carbocycles. The Bertz CT molecular complexity index is 540. The maximum Gasteiger partial charge on any atom is 0.408 e. The number of fused-ring (bicyclic) bond motifs is 1. The average Bonchev–Trinajstić information content (AvgIpc) is 2.38. The van der Waals surface area contributed by atoms with Crippen molar-refractivity contribution in [2.45, 2.75) is 12.7 Å². The van der Waals surface area contributed by atoms with Crippen LogP contribution in [-0.4, -0.2) is 22.1 Å². The molecule has 1 aliphatic rings. The molecule has 1 heterocycles. The van der Waals surface area contributed by atoms with Gasteiger partial charge in [-0.3, -0.25) is 5.32 Å². The van der Waals surface area contributed by atoms with E-state index in [1.165, 1.54) is 19.1 Å². The van der Waals surface area contributed by atoms with Crippen LogP contribution in [0.4, 0.5) is 4.79 Å². The van der Waals surface area contributed by atoms with Gasteiger partial charge in [0.05, 0.1) is 10.7 Å². The van der Waals surface area contributed by atoms with E-state index in [0.29, 0.717) is 10.7 Å². The van der Waals surface area contributed by atoms with Gasteiger partial charge in [0.15, 0.2) is 0 Å². The van der Waals surface area contributed by atoms with Crippen molar-refractivity contribution in [1.29, 1.82) is 0 Å². The number of aromatic hydroxyl groups is 1. The Morgan fingerprint density at radius 2 is 2.07 bits per heavy atom. The molecule has 0 fully saturated rings. The van der Waals surface area contributed by atoms with Crippen LogP contribution in [0.15, 0.2) is 28.2 Å². The first-order valence-electron chi connectivity index (χ1n) is 4.28. The summed E-state index contributed by atoms with van der Waals surface area (Å²) in [5, 5.41) is 21.0. The summed E-state index contributed by atoms with van der Waals surface area (Å²) >= 11 is 0. The summed E-state index contributed by atoms with van der Waals surface area (Å²) in [4.78, 5) is 18.7. The third kappa shape index (κ3) is 1.74. The van der Waals surface area contributed by atoms with Gasteiger partial charge in [0.25, 0.3) is 0 Å². The lowest BCUT2D eigenvalue weighted by molar-refractivity contribution is 0.182. The molecule has 2 rings (SSSR count). The van der Waals surface area contributed by atoms with Crippen LogP contribution in [0.1, 0.15) is 6.92 Å². The number of phenolic OH excluding ortho intramolecular Hbond substituents is 1. The molecule has 3 N–H and O–H groups in total. The first-order chi connectivity index (χ1) is 6.98. The molecule has 6 nitrogen and oxygen atoms in total. The van der Waals surface area contributed by atoms with Gasteiger partial charge in [-0.05, 0) is 12.1 Å². The zero-order chi connectivity index (χ0) is 11.1. The van der Waals surface area contributed by atoms with Crippen molar-refractivity contribution in [1.82, 2.24) is 5.32 Å². The lowest BCUT2D eigenvalue weighted by atomic mass is 10.3. The van der Waals surface area contributed by atoms with Crippen molar-refractivity contribution in [3.63, 3.8) is 0 Å². The molecule has 78 valence electrons. The van der Waals surface area contributed by atoms with Gasteiger partial charge in [0.1, 0.15) is 5.75 Å². The minimum absolute atomic E-state index is 0.0762. The van der Waals surface area contributed by atoms with E-state index >= 15 is 0 Å². The van der Waals surface area contributed by atoms with Crippen LogP contribution in [0, 0.1) is 0 Å². The predicted octanol–water partition coefficient (Wildman–Crippen LogP) is -0.414. The highest BCUT2D eigenvalue weighted by Crippen LogP contribution is 2.09. The zero-order valence-corrected chi connectivity index (χ0v) is 7.93. The van der Waals surface area contributed by atoms with Crippen LogP contribution in [0.2, 0.25) is 0 Å². The van der Waals surface area contributed by atoms with Gasteiger partial charge in [-0.15, -0.1) is 0 Å². The van der Waals surface area contributed by atoms with Crippen LogP contribution in [0.3, 0.4) is 0 Å². The van der Waals surface area contributed by atoms with Crippen molar-refractivity contribution in [2.75, 3.05) is 0 Å². The molecular formula is C9H9N3O3. The van der Waals surface area contributed by atoms with E-state index in [2.05, 4.69) is 15.3 Å². The monoisotopic (exact) mass is 207 g/mol. The van der Waals surface area contributed by atoms with E-state index < -0.39 is 11.9 Å². The van der Waals surface area contributed by atoms with Crippen LogP contribution in [0.25, 0.3) is 0 Å². The largest absolute Gasteiger partial charge is 0.508 e. The van der Waals surface area contributed by atoms with Crippen LogP contribution < -0.4 is 16.0 Å². The number of nitrogens with one attached hydrogen (secondary N) is 1. The SMILES string of the molecule is CC1(NC(=O)O)N=c2ccc(O)cc2=N1. The van der Waals surface area contributed by atoms with Crippen molar-refractivity contribution in [2.24, 2.45) is 9.98 Å². The number of phenols is 1. The van der Waals surface area contributed by atoms with E-state index in [-0.39, 0.29) is 5.75 Å². The number of rotatable bonds is 1. The Morgan fingerprint density at radius 1 is 1.40 bits per heavy atom. The summed E-state index contributed by atoms with van der Waals surface area (Å²) in [6.07, 6.45) is -1.19. The average molecular weight is 207 g/mol. The van der Waals surface area contributed by atoms with Gasteiger partial charge >= 0.3 is 6.09 Å². The fourth-order valence-corrected chi connectivity index (χ4v) is 1.45. The third-order valence-electron chi connectivity index (χ3n) is 1.98. The van der Waals surface area contributed by atoms with E-state index in [1.807, 2.05) is 0 Å². The Kier molecular flexibility index (Phi) is 1.85. The molecule has 1 aromatic rings. The van der Waals surface area contributed by atoms with Crippen molar-refractivity contribution < 1.29 is 15.0 Å². The molecule has 15 heavy (non-hydrogen) atoms. The lowest BCUT2D eigenvalue weighted by Gasteiger charge is -2.16. The Balaban J connectivity index is 2.50. The smallest absolute Gasteiger partial charge is 0.408 e. The van der Waals surface area contributed by atoms with E-state index in [9.17, 15) is 9.90 Å². The molecule has 0 radical (unpaired) electrons. The van der Waals surface area contributed by atoms with Gasteiger partial charge in [-0.25, -0.2) is 14.8 Å². The normalized spacial score (nSPS) is 22.5. The molecule has 6 heteroatoms. The minimum atomic E-state index is -1.19. The summed E-state index contributed by atoms with van der Waals surface area (Å²) < 4.78 is 0. The highest BCUT2D eigenvalue weighted by molar-refractivity contribution is 5.65. The van der Waals surface area contributed by atoms with Crippen molar-refractivity contribution >= 4 is 6.09 Å². The molecule has 0 saturated carbocycles. The molecule has 1 aliphatic heterocycles. The van der Waals surface area contributed by atoms with Gasteiger partial charge in [-0.2, -0.15) is 0 Å². The number of hydrogen-bond acceptors (Lipinski definition) is 4. The second-order valence-corrected chi connectivity index (χ2v) is 3.35. The Labute approximate surface area is 84.6 Å². The summed E-state index contributed by atoms with van der Waals surface area (Å²) in [5.74, 6) is -1.12. The number of benzene rings is 1. The molecule has 1 amide bonds. The molecular weight excluding hydrogens is 198 g/mol. The van der Waals surface area contributed by atoms with E-state index in [1.54, 1.807) is 6.07 Å². The Morgan fingerprint density at radius 3 is 2.73 bits per heavy atom. The quantitative estimate of drug-likeness (QED) is 0.584. The van der Waals surface area contributed by atoms with Crippen molar-refractivity contribution in [3.05, 3.63) is 28.9 Å². The summed E-state index contributed by atoms with van der Waals surface area (Å²) in [6.45, 7) is 1.54. The fraction of sp³-hybridized carbons (Fsp3) is 0.222. The summed E-state index contributed by atoms with van der Waals surface area (Å²) in [5.41, 5.74) is 0. The van der Waals surface area contributed by atoms with E-state index in [0.717, 1.165) is 0 Å². The molecule has 0 bridgehead atoms. The first kappa shape index (κ1) is 9.45. The standard InChI is InChI=1S/C9H9N3O3/c1-9(12-8(14)15)10-6-3-2-5(13)4-7(6)11-9/h2-4,12-13H,1H3,(H,14,15). The van der Waals surface area contributed by atoms with Gasteiger partial charge in [0, 0.05) is 13.0 Å². The molecule has 1 atom stereocenters. The molecule has 0 saturated heterocycles. The summed E-state index contributed by atoms with van der Waals surface area (Å²) in [7, 11) is 0. The van der Waals surface area contributed by atoms with Gasteiger partial charge < -0.3 is 10.2 Å².